The predicted molar refractivity (Wildman–Crippen MR) is 105 cm³/mol. The first kappa shape index (κ1) is 18.1. The minimum absolute atomic E-state index is 0.455. The van der Waals surface area contributed by atoms with Crippen molar-refractivity contribution in [3.8, 4) is 11.1 Å². The minimum atomic E-state index is -0.960. The summed E-state index contributed by atoms with van der Waals surface area (Å²) in [6, 6.07) is 17.8. The van der Waals surface area contributed by atoms with E-state index in [0.29, 0.717) is 16.9 Å². The van der Waals surface area contributed by atoms with Gasteiger partial charge in [0.2, 0.25) is 0 Å². The highest BCUT2D eigenvalue weighted by Crippen LogP contribution is 2.35. The molecule has 0 bridgehead atoms. The Hall–Kier alpha value is -3.67. The van der Waals surface area contributed by atoms with Crippen LogP contribution in [0.1, 0.15) is 18.4 Å². The zero-order chi connectivity index (χ0) is 19.2. The summed E-state index contributed by atoms with van der Waals surface area (Å²) in [5.41, 5.74) is 3.24. The lowest BCUT2D eigenvalue weighted by Crippen LogP contribution is -2.22. The second-order valence-corrected chi connectivity index (χ2v) is 6.01. The Labute approximate surface area is 156 Å². The summed E-state index contributed by atoms with van der Waals surface area (Å²) in [5.74, 6) is -1.73. The smallest absolute Gasteiger partial charge is 0.323 e. The maximum atomic E-state index is 12.5. The number of carbonyl (C=O) groups is 2. The fourth-order valence-corrected chi connectivity index (χ4v) is 2.77. The van der Waals surface area contributed by atoms with E-state index in [4.69, 9.17) is 0 Å². The van der Waals surface area contributed by atoms with Crippen LogP contribution in [0.25, 0.3) is 11.1 Å². The summed E-state index contributed by atoms with van der Waals surface area (Å²) < 4.78 is 0. The van der Waals surface area contributed by atoms with E-state index in [0.717, 1.165) is 11.1 Å². The van der Waals surface area contributed by atoms with Gasteiger partial charge >= 0.3 is 12.0 Å². The molecule has 1 heterocycles. The van der Waals surface area contributed by atoms with Gasteiger partial charge < -0.3 is 15.7 Å². The van der Waals surface area contributed by atoms with Crippen LogP contribution < -0.4 is 10.6 Å². The highest BCUT2D eigenvalue weighted by Gasteiger charge is 2.21. The van der Waals surface area contributed by atoms with Gasteiger partial charge in [0.25, 0.3) is 0 Å². The molecule has 1 atom stereocenters. The van der Waals surface area contributed by atoms with Gasteiger partial charge in [0.1, 0.15) is 0 Å². The van der Waals surface area contributed by atoms with Crippen LogP contribution in [0.2, 0.25) is 0 Å². The summed E-state index contributed by atoms with van der Waals surface area (Å²) >= 11 is 0. The molecule has 6 heteroatoms. The highest BCUT2D eigenvalue weighted by molar-refractivity contribution is 6.03. The van der Waals surface area contributed by atoms with E-state index in [1.807, 2.05) is 36.4 Å². The second-order valence-electron chi connectivity index (χ2n) is 6.01. The number of carbonyl (C=O) groups excluding carboxylic acids is 1. The molecule has 0 spiro atoms. The number of benzene rings is 2. The monoisotopic (exact) mass is 361 g/mol. The number of urea groups is 1. The number of carboxylic acids is 1. The van der Waals surface area contributed by atoms with Crippen LogP contribution >= 0.6 is 0 Å². The van der Waals surface area contributed by atoms with Gasteiger partial charge in [-0.1, -0.05) is 48.5 Å². The molecule has 0 aliphatic carbocycles. The Balaban J connectivity index is 2.00. The van der Waals surface area contributed by atoms with Crippen LogP contribution in [0.5, 0.6) is 0 Å². The molecule has 27 heavy (non-hydrogen) atoms. The molecule has 6 nitrogen and oxygen atoms in total. The Bertz CT molecular complexity index is 943. The number of pyridine rings is 1. The van der Waals surface area contributed by atoms with Crippen molar-refractivity contribution in [3.05, 3.63) is 78.6 Å². The number of hydrogen-bond acceptors (Lipinski definition) is 3. The van der Waals surface area contributed by atoms with Crippen molar-refractivity contribution in [2.75, 3.05) is 10.6 Å². The molecule has 3 N–H and O–H groups in total. The second kappa shape index (κ2) is 8.14. The quantitative estimate of drug-likeness (QED) is 0.620. The number of nitrogens with one attached hydrogen (secondary N) is 2. The number of aliphatic carboxylic acids is 1. The van der Waals surface area contributed by atoms with E-state index in [1.54, 1.807) is 43.6 Å². The van der Waals surface area contributed by atoms with E-state index in [2.05, 4.69) is 15.6 Å². The van der Waals surface area contributed by atoms with Crippen LogP contribution in [-0.4, -0.2) is 22.1 Å². The average molecular weight is 361 g/mol. The average Bonchev–Trinajstić information content (AvgIpc) is 2.69. The van der Waals surface area contributed by atoms with Crippen molar-refractivity contribution in [1.29, 1.82) is 0 Å². The Kier molecular flexibility index (Phi) is 5.47. The SMILES string of the molecule is CC(C(=O)O)c1cccc(-c2ccccc2)c1NC(=O)Nc1ccncc1. The fraction of sp³-hybridized carbons (Fsp3) is 0.0952. The van der Waals surface area contributed by atoms with Crippen molar-refractivity contribution in [2.24, 2.45) is 0 Å². The van der Waals surface area contributed by atoms with Gasteiger partial charge in [-0.3, -0.25) is 9.78 Å². The zero-order valence-electron chi connectivity index (χ0n) is 14.7. The lowest BCUT2D eigenvalue weighted by Gasteiger charge is -2.19. The van der Waals surface area contributed by atoms with Crippen LogP contribution in [0.3, 0.4) is 0 Å². The van der Waals surface area contributed by atoms with Crippen molar-refractivity contribution in [3.63, 3.8) is 0 Å². The number of carboxylic acid groups (broad SMARTS) is 1. The van der Waals surface area contributed by atoms with Gasteiger partial charge in [-0.25, -0.2) is 4.79 Å². The van der Waals surface area contributed by atoms with Crippen molar-refractivity contribution in [1.82, 2.24) is 4.98 Å². The van der Waals surface area contributed by atoms with Crippen LogP contribution in [0.15, 0.2) is 73.1 Å². The number of aromatic nitrogens is 1. The summed E-state index contributed by atoms with van der Waals surface area (Å²) in [5, 5.41) is 15.0. The van der Waals surface area contributed by atoms with E-state index >= 15 is 0 Å². The first-order chi connectivity index (χ1) is 13.1. The molecule has 0 saturated heterocycles. The normalized spacial score (nSPS) is 11.4. The number of anilines is 2. The van der Waals surface area contributed by atoms with Gasteiger partial charge in [0.05, 0.1) is 11.6 Å². The fourth-order valence-electron chi connectivity index (χ4n) is 2.77. The summed E-state index contributed by atoms with van der Waals surface area (Å²) in [6.45, 7) is 1.60. The largest absolute Gasteiger partial charge is 0.481 e. The van der Waals surface area contributed by atoms with Gasteiger partial charge in [-0.15, -0.1) is 0 Å². The molecule has 0 fully saturated rings. The number of para-hydroxylation sites is 1. The van der Waals surface area contributed by atoms with E-state index in [9.17, 15) is 14.7 Å². The van der Waals surface area contributed by atoms with E-state index < -0.39 is 17.9 Å². The zero-order valence-corrected chi connectivity index (χ0v) is 14.7. The lowest BCUT2D eigenvalue weighted by atomic mass is 9.93. The maximum absolute atomic E-state index is 12.5. The maximum Gasteiger partial charge on any atom is 0.323 e. The number of amides is 2. The van der Waals surface area contributed by atoms with Gasteiger partial charge in [-0.2, -0.15) is 0 Å². The number of hydrogen-bond donors (Lipinski definition) is 3. The van der Waals surface area contributed by atoms with E-state index in [-0.39, 0.29) is 0 Å². The molecule has 3 rings (SSSR count). The van der Waals surface area contributed by atoms with Gasteiger partial charge in [0.15, 0.2) is 0 Å². The third-order valence-electron chi connectivity index (χ3n) is 4.20. The van der Waals surface area contributed by atoms with E-state index in [1.165, 1.54) is 0 Å². The summed E-state index contributed by atoms with van der Waals surface area (Å²) in [4.78, 5) is 28.0. The molecule has 0 aliphatic heterocycles. The molecule has 2 amide bonds. The number of rotatable bonds is 5. The summed E-state index contributed by atoms with van der Waals surface area (Å²) in [7, 11) is 0. The molecule has 136 valence electrons. The van der Waals surface area contributed by atoms with Crippen LogP contribution in [-0.2, 0) is 4.79 Å². The first-order valence-electron chi connectivity index (χ1n) is 8.45. The van der Waals surface area contributed by atoms with Gasteiger partial charge in [0, 0.05) is 23.6 Å². The Morgan fingerprint density at radius 3 is 2.30 bits per heavy atom. The molecule has 3 aromatic rings. The Morgan fingerprint density at radius 2 is 1.63 bits per heavy atom. The molecule has 0 radical (unpaired) electrons. The molecule has 1 aromatic heterocycles. The standard InChI is InChI=1S/C21H19N3O3/c1-14(20(25)26)17-8-5-9-18(15-6-3-2-4-7-15)19(17)24-21(27)23-16-10-12-22-13-11-16/h2-14H,1H3,(H,25,26)(H2,22,23,24,27). The minimum Gasteiger partial charge on any atom is -0.481 e. The predicted octanol–water partition coefficient (Wildman–Crippen LogP) is 4.58. The molecule has 1 unspecified atom stereocenters. The third-order valence-corrected chi connectivity index (χ3v) is 4.20. The Morgan fingerprint density at radius 1 is 0.926 bits per heavy atom. The molecular formula is C21H19N3O3. The topological polar surface area (TPSA) is 91.3 Å². The van der Waals surface area contributed by atoms with Crippen LogP contribution in [0, 0.1) is 0 Å². The van der Waals surface area contributed by atoms with Crippen molar-refractivity contribution in [2.45, 2.75) is 12.8 Å². The molecular weight excluding hydrogens is 342 g/mol. The molecule has 0 saturated carbocycles. The molecule has 2 aromatic carbocycles. The van der Waals surface area contributed by atoms with Crippen LogP contribution in [0.4, 0.5) is 16.2 Å². The number of nitrogens with zero attached hydrogens (tertiary/aromatic N) is 1. The third kappa shape index (κ3) is 4.30. The highest BCUT2D eigenvalue weighted by atomic mass is 16.4. The van der Waals surface area contributed by atoms with Crippen molar-refractivity contribution < 1.29 is 14.7 Å². The van der Waals surface area contributed by atoms with Gasteiger partial charge in [-0.05, 0) is 30.2 Å². The lowest BCUT2D eigenvalue weighted by molar-refractivity contribution is -0.138. The summed E-state index contributed by atoms with van der Waals surface area (Å²) in [6.07, 6.45) is 3.15. The first-order valence-corrected chi connectivity index (χ1v) is 8.45. The molecule has 0 aliphatic rings. The van der Waals surface area contributed by atoms with Crippen molar-refractivity contribution >= 4 is 23.4 Å².